The van der Waals surface area contributed by atoms with Crippen molar-refractivity contribution >= 4 is 17.6 Å². The van der Waals surface area contributed by atoms with Gasteiger partial charge in [-0.15, -0.1) is 0 Å². The van der Waals surface area contributed by atoms with Gasteiger partial charge in [0.15, 0.2) is 0 Å². The van der Waals surface area contributed by atoms with E-state index in [2.05, 4.69) is 4.74 Å². The van der Waals surface area contributed by atoms with Gasteiger partial charge in [-0.2, -0.15) is 13.2 Å². The third kappa shape index (κ3) is 4.20. The maximum atomic E-state index is 12.7. The lowest BCUT2D eigenvalue weighted by Crippen LogP contribution is -2.06. The van der Waals surface area contributed by atoms with Crippen LogP contribution in [-0.2, 0) is 15.7 Å². The molecule has 1 aliphatic rings. The number of aliphatic hydroxyl groups is 1. The van der Waals surface area contributed by atoms with Gasteiger partial charge in [0.2, 0.25) is 0 Å². The van der Waals surface area contributed by atoms with Gasteiger partial charge in [-0.25, -0.2) is 0 Å². The van der Waals surface area contributed by atoms with E-state index in [0.717, 1.165) is 23.8 Å². The van der Waals surface area contributed by atoms with Crippen molar-refractivity contribution in [1.82, 2.24) is 0 Å². The van der Waals surface area contributed by atoms with Gasteiger partial charge in [-0.1, -0.05) is 17.7 Å². The zero-order valence-electron chi connectivity index (χ0n) is 14.2. The lowest BCUT2D eigenvalue weighted by molar-refractivity contribution is -0.141. The predicted octanol–water partition coefficient (Wildman–Crippen LogP) is 5.23. The van der Waals surface area contributed by atoms with Crippen LogP contribution in [0.1, 0.15) is 41.6 Å². The van der Waals surface area contributed by atoms with Crippen LogP contribution in [0.25, 0.3) is 0 Å². The minimum atomic E-state index is -4.49. The highest BCUT2D eigenvalue weighted by atomic mass is 35.5. The lowest BCUT2D eigenvalue weighted by Gasteiger charge is -2.13. The van der Waals surface area contributed by atoms with Crippen LogP contribution < -0.4 is 4.74 Å². The molecule has 0 heterocycles. The van der Waals surface area contributed by atoms with Crippen molar-refractivity contribution in [3.8, 4) is 11.5 Å². The van der Waals surface area contributed by atoms with Crippen molar-refractivity contribution in [1.29, 1.82) is 0 Å². The summed E-state index contributed by atoms with van der Waals surface area (Å²) in [4.78, 5) is 11.5. The van der Waals surface area contributed by atoms with Gasteiger partial charge in [-0.3, -0.25) is 4.79 Å². The summed E-state index contributed by atoms with van der Waals surface area (Å²) in [5.41, 5.74) is 0.568. The number of carbonyl (C=O) groups is 1. The van der Waals surface area contributed by atoms with Crippen LogP contribution >= 0.6 is 11.6 Å². The molecular weight excluding hydrogens is 385 g/mol. The fourth-order valence-corrected chi connectivity index (χ4v) is 3.38. The Balaban J connectivity index is 1.82. The molecule has 3 rings (SSSR count). The molecule has 0 aliphatic heterocycles. The normalized spacial score (nSPS) is 18.9. The zero-order valence-corrected chi connectivity index (χ0v) is 15.0. The van der Waals surface area contributed by atoms with E-state index >= 15 is 0 Å². The van der Waals surface area contributed by atoms with Gasteiger partial charge in [0, 0.05) is 0 Å². The molecule has 0 amide bonds. The average molecular weight is 401 g/mol. The minimum absolute atomic E-state index is 0.0724. The van der Waals surface area contributed by atoms with Gasteiger partial charge < -0.3 is 14.6 Å². The number of hydrogen-bond donors (Lipinski definition) is 1. The predicted molar refractivity (Wildman–Crippen MR) is 91.9 cm³/mol. The molecule has 1 aliphatic carbocycles. The summed E-state index contributed by atoms with van der Waals surface area (Å²) in [6, 6.07) is 7.78. The van der Waals surface area contributed by atoms with Crippen LogP contribution in [0.15, 0.2) is 36.4 Å². The van der Waals surface area contributed by atoms with Crippen molar-refractivity contribution in [2.24, 2.45) is 0 Å². The van der Waals surface area contributed by atoms with E-state index in [1.807, 2.05) is 0 Å². The Kier molecular flexibility index (Phi) is 5.35. The molecule has 8 heteroatoms. The topological polar surface area (TPSA) is 55.8 Å². The Bertz CT molecular complexity index is 867. The van der Waals surface area contributed by atoms with Gasteiger partial charge >= 0.3 is 12.1 Å². The van der Waals surface area contributed by atoms with E-state index in [0.29, 0.717) is 17.7 Å². The smallest absolute Gasteiger partial charge is 0.416 e. The Hall–Kier alpha value is -2.25. The first kappa shape index (κ1) is 19.5. The number of hydrogen-bond acceptors (Lipinski definition) is 4. The molecule has 27 heavy (non-hydrogen) atoms. The number of fused-ring (bicyclic) bond motifs is 1. The number of halogens is 4. The van der Waals surface area contributed by atoms with Crippen LogP contribution in [0.3, 0.4) is 0 Å². The fraction of sp³-hybridized carbons (Fsp3) is 0.316. The average Bonchev–Trinajstić information content (AvgIpc) is 2.91. The summed E-state index contributed by atoms with van der Waals surface area (Å²) in [5, 5.41) is 10.1. The van der Waals surface area contributed by atoms with Crippen LogP contribution in [0.4, 0.5) is 13.2 Å². The number of rotatable bonds is 4. The molecule has 1 N–H and O–H groups in total. The first-order valence-electron chi connectivity index (χ1n) is 8.12. The lowest BCUT2D eigenvalue weighted by atomic mass is 9.98. The monoisotopic (exact) mass is 400 g/mol. The van der Waals surface area contributed by atoms with Crippen molar-refractivity contribution in [3.63, 3.8) is 0 Å². The molecule has 2 aromatic rings. The van der Waals surface area contributed by atoms with E-state index < -0.39 is 17.8 Å². The van der Waals surface area contributed by atoms with E-state index in [-0.39, 0.29) is 29.1 Å². The summed E-state index contributed by atoms with van der Waals surface area (Å²) in [6.45, 7) is 0. The molecule has 0 radical (unpaired) electrons. The zero-order chi connectivity index (χ0) is 19.8. The summed E-state index contributed by atoms with van der Waals surface area (Å²) < 4.78 is 48.4. The standard InChI is InChI=1S/C19H16ClF3O4/c1-26-18(25)7-10-6-16(24)14-9-12(3-4-13(10)14)27-17-5-2-11(8-15(17)20)19(21,22)23/h2-5,8-10,16,24H,6-7H2,1H3. The Morgan fingerprint density at radius 2 is 1.96 bits per heavy atom. The van der Waals surface area contributed by atoms with E-state index in [1.54, 1.807) is 18.2 Å². The second kappa shape index (κ2) is 7.40. The highest BCUT2D eigenvalue weighted by Gasteiger charge is 2.32. The maximum Gasteiger partial charge on any atom is 0.416 e. The van der Waals surface area contributed by atoms with Crippen molar-refractivity contribution in [2.75, 3.05) is 7.11 Å². The van der Waals surface area contributed by atoms with Gasteiger partial charge in [0.1, 0.15) is 11.5 Å². The number of carbonyl (C=O) groups excluding carboxylic acids is 1. The Morgan fingerprint density at radius 1 is 1.22 bits per heavy atom. The summed E-state index contributed by atoms with van der Waals surface area (Å²) >= 11 is 5.90. The molecule has 0 saturated carbocycles. The second-order valence-corrected chi connectivity index (χ2v) is 6.67. The van der Waals surface area contributed by atoms with Gasteiger partial charge in [0.25, 0.3) is 0 Å². The van der Waals surface area contributed by atoms with Crippen LogP contribution in [0.2, 0.25) is 5.02 Å². The minimum Gasteiger partial charge on any atom is -0.469 e. The molecule has 144 valence electrons. The van der Waals surface area contributed by atoms with Crippen LogP contribution in [0, 0.1) is 0 Å². The summed E-state index contributed by atoms with van der Waals surface area (Å²) in [7, 11) is 1.30. The highest BCUT2D eigenvalue weighted by molar-refractivity contribution is 6.32. The number of esters is 1. The van der Waals surface area contributed by atoms with Gasteiger partial charge in [-0.05, 0) is 53.8 Å². The first-order chi connectivity index (χ1) is 12.7. The molecule has 0 aromatic heterocycles. The highest BCUT2D eigenvalue weighted by Crippen LogP contribution is 2.44. The number of benzene rings is 2. The van der Waals surface area contributed by atoms with Gasteiger partial charge in [0.05, 0.1) is 30.2 Å². The molecule has 0 saturated heterocycles. The largest absolute Gasteiger partial charge is 0.469 e. The third-order valence-electron chi connectivity index (χ3n) is 4.49. The summed E-state index contributed by atoms with van der Waals surface area (Å²) in [5.74, 6) is -0.125. The molecule has 2 atom stereocenters. The number of alkyl halides is 3. The van der Waals surface area contributed by atoms with Crippen LogP contribution in [-0.4, -0.2) is 18.2 Å². The first-order valence-corrected chi connectivity index (χ1v) is 8.50. The number of methoxy groups -OCH3 is 1. The molecule has 2 aromatic carbocycles. The van der Waals surface area contributed by atoms with Crippen molar-refractivity contribution < 1.29 is 32.5 Å². The van der Waals surface area contributed by atoms with E-state index in [4.69, 9.17) is 16.3 Å². The summed E-state index contributed by atoms with van der Waals surface area (Å²) in [6.07, 6.45) is -4.71. The molecule has 4 nitrogen and oxygen atoms in total. The number of ether oxygens (including phenoxy) is 2. The quantitative estimate of drug-likeness (QED) is 0.713. The Morgan fingerprint density at radius 3 is 2.59 bits per heavy atom. The number of aliphatic hydroxyl groups excluding tert-OH is 1. The molecular formula is C19H16ClF3O4. The SMILES string of the molecule is COC(=O)CC1CC(O)c2cc(Oc3ccc(C(F)(F)F)cc3Cl)ccc21. The molecule has 0 fully saturated rings. The fourth-order valence-electron chi connectivity index (χ4n) is 3.16. The van der Waals surface area contributed by atoms with Crippen molar-refractivity contribution in [3.05, 3.63) is 58.1 Å². The van der Waals surface area contributed by atoms with E-state index in [1.165, 1.54) is 7.11 Å². The Labute approximate surface area is 158 Å². The van der Waals surface area contributed by atoms with E-state index in [9.17, 15) is 23.1 Å². The third-order valence-corrected chi connectivity index (χ3v) is 4.79. The van der Waals surface area contributed by atoms with Crippen LogP contribution in [0.5, 0.6) is 11.5 Å². The molecule has 2 unspecified atom stereocenters. The molecule has 0 spiro atoms. The maximum absolute atomic E-state index is 12.7. The molecule has 0 bridgehead atoms. The van der Waals surface area contributed by atoms with Crippen molar-refractivity contribution in [2.45, 2.75) is 31.0 Å². The second-order valence-electron chi connectivity index (χ2n) is 6.26.